The summed E-state index contributed by atoms with van der Waals surface area (Å²) in [5, 5.41) is 4.19. The molecule has 2 N–H and O–H groups in total. The van der Waals surface area contributed by atoms with Crippen LogP contribution in [0.15, 0.2) is 29.0 Å². The van der Waals surface area contributed by atoms with Crippen LogP contribution in [0.5, 0.6) is 5.75 Å². The smallest absolute Gasteiger partial charge is 0.165 e. The molecule has 0 aliphatic heterocycles. The highest BCUT2D eigenvalue weighted by Crippen LogP contribution is 2.23. The largest absolute Gasteiger partial charge is 0.486 e. The standard InChI is InChI=1S/C14H19BrN4O/c1-10(2)19-14(17-9-18-19)8-20-12-3-4-13(15)11(7-12)5-6-16/h3-4,7,9-10H,5-6,8,16H2,1-2H3. The fourth-order valence-electron chi connectivity index (χ4n) is 1.94. The fourth-order valence-corrected chi connectivity index (χ4v) is 2.39. The Balaban J connectivity index is 2.07. The summed E-state index contributed by atoms with van der Waals surface area (Å²) < 4.78 is 8.72. The fraction of sp³-hybridized carbons (Fsp3) is 0.429. The minimum absolute atomic E-state index is 0.272. The predicted molar refractivity (Wildman–Crippen MR) is 81.6 cm³/mol. The third kappa shape index (κ3) is 3.58. The Kier molecular flexibility index (Phi) is 5.14. The maximum Gasteiger partial charge on any atom is 0.165 e. The molecule has 0 spiro atoms. The number of hydrogen-bond acceptors (Lipinski definition) is 4. The minimum atomic E-state index is 0.272. The molecule has 1 aromatic carbocycles. The van der Waals surface area contributed by atoms with Gasteiger partial charge in [0.15, 0.2) is 5.82 Å². The van der Waals surface area contributed by atoms with Gasteiger partial charge in [0.25, 0.3) is 0 Å². The van der Waals surface area contributed by atoms with Gasteiger partial charge in [-0.05, 0) is 50.6 Å². The first-order chi connectivity index (χ1) is 9.61. The number of halogens is 1. The molecule has 1 heterocycles. The van der Waals surface area contributed by atoms with Crippen molar-refractivity contribution in [2.75, 3.05) is 6.54 Å². The van der Waals surface area contributed by atoms with Gasteiger partial charge in [-0.3, -0.25) is 0 Å². The van der Waals surface area contributed by atoms with Gasteiger partial charge in [0, 0.05) is 10.5 Å². The van der Waals surface area contributed by atoms with Crippen molar-refractivity contribution in [3.05, 3.63) is 40.4 Å². The summed E-state index contributed by atoms with van der Waals surface area (Å²) in [6.45, 7) is 5.15. The van der Waals surface area contributed by atoms with E-state index in [1.807, 2.05) is 22.9 Å². The van der Waals surface area contributed by atoms with Crippen LogP contribution in [-0.4, -0.2) is 21.3 Å². The van der Waals surface area contributed by atoms with E-state index in [1.54, 1.807) is 6.33 Å². The van der Waals surface area contributed by atoms with Gasteiger partial charge in [0.2, 0.25) is 0 Å². The van der Waals surface area contributed by atoms with Crippen molar-refractivity contribution in [2.24, 2.45) is 5.73 Å². The van der Waals surface area contributed by atoms with E-state index >= 15 is 0 Å². The highest BCUT2D eigenvalue weighted by Gasteiger charge is 2.09. The average Bonchev–Trinajstić information content (AvgIpc) is 2.88. The molecule has 0 atom stereocenters. The van der Waals surface area contributed by atoms with E-state index < -0.39 is 0 Å². The van der Waals surface area contributed by atoms with E-state index in [-0.39, 0.29) is 6.04 Å². The Morgan fingerprint density at radius 1 is 1.40 bits per heavy atom. The summed E-state index contributed by atoms with van der Waals surface area (Å²) in [6.07, 6.45) is 2.38. The molecular formula is C14H19BrN4O. The highest BCUT2D eigenvalue weighted by molar-refractivity contribution is 9.10. The second-order valence-corrected chi connectivity index (χ2v) is 5.65. The Bertz CT molecular complexity index is 568. The van der Waals surface area contributed by atoms with Crippen molar-refractivity contribution in [3.63, 3.8) is 0 Å². The van der Waals surface area contributed by atoms with Crippen LogP contribution < -0.4 is 10.5 Å². The van der Waals surface area contributed by atoms with Crippen molar-refractivity contribution in [1.82, 2.24) is 14.8 Å². The number of nitrogens with two attached hydrogens (primary N) is 1. The summed E-state index contributed by atoms with van der Waals surface area (Å²) in [5.41, 5.74) is 6.75. The van der Waals surface area contributed by atoms with Crippen molar-refractivity contribution in [3.8, 4) is 5.75 Å². The predicted octanol–water partition coefficient (Wildman–Crippen LogP) is 2.70. The minimum Gasteiger partial charge on any atom is -0.486 e. The molecule has 0 radical (unpaired) electrons. The molecule has 5 nitrogen and oxygen atoms in total. The lowest BCUT2D eigenvalue weighted by molar-refractivity contribution is 0.282. The van der Waals surface area contributed by atoms with Crippen molar-refractivity contribution in [2.45, 2.75) is 32.9 Å². The molecule has 1 aromatic heterocycles. The maximum absolute atomic E-state index is 5.80. The quantitative estimate of drug-likeness (QED) is 0.879. The van der Waals surface area contributed by atoms with Crippen LogP contribution in [0.1, 0.15) is 31.3 Å². The zero-order valence-electron chi connectivity index (χ0n) is 11.7. The SMILES string of the molecule is CC(C)n1ncnc1COc1ccc(Br)c(CCN)c1. The molecule has 0 amide bonds. The van der Waals surface area contributed by atoms with Gasteiger partial charge in [-0.1, -0.05) is 15.9 Å². The Hall–Kier alpha value is -1.40. The van der Waals surface area contributed by atoms with Gasteiger partial charge < -0.3 is 10.5 Å². The molecular weight excluding hydrogens is 320 g/mol. The summed E-state index contributed by atoms with van der Waals surface area (Å²) in [4.78, 5) is 4.23. The van der Waals surface area contributed by atoms with E-state index in [0.29, 0.717) is 13.2 Å². The van der Waals surface area contributed by atoms with Crippen molar-refractivity contribution >= 4 is 15.9 Å². The molecule has 0 aliphatic rings. The number of hydrogen-bond donors (Lipinski definition) is 1. The second-order valence-electron chi connectivity index (χ2n) is 4.80. The molecule has 2 rings (SSSR count). The molecule has 6 heteroatoms. The van der Waals surface area contributed by atoms with Crippen LogP contribution in [0.4, 0.5) is 0 Å². The van der Waals surface area contributed by atoms with E-state index in [0.717, 1.165) is 28.0 Å². The lowest BCUT2D eigenvalue weighted by Crippen LogP contribution is -2.11. The first-order valence-corrected chi connectivity index (χ1v) is 7.40. The monoisotopic (exact) mass is 338 g/mol. The van der Waals surface area contributed by atoms with E-state index in [2.05, 4.69) is 39.9 Å². The van der Waals surface area contributed by atoms with E-state index in [1.165, 1.54) is 0 Å². The third-order valence-corrected chi connectivity index (χ3v) is 3.71. The molecule has 0 fully saturated rings. The number of benzene rings is 1. The van der Waals surface area contributed by atoms with Crippen LogP contribution >= 0.6 is 15.9 Å². The topological polar surface area (TPSA) is 66.0 Å². The summed E-state index contributed by atoms with van der Waals surface area (Å²) in [6, 6.07) is 6.19. The highest BCUT2D eigenvalue weighted by atomic mass is 79.9. The molecule has 2 aromatic rings. The maximum atomic E-state index is 5.80. The molecule has 0 bridgehead atoms. The van der Waals surface area contributed by atoms with Crippen LogP contribution in [0, 0.1) is 0 Å². The number of aromatic nitrogens is 3. The Labute approximate surface area is 127 Å². The van der Waals surface area contributed by atoms with Gasteiger partial charge in [0.1, 0.15) is 18.7 Å². The van der Waals surface area contributed by atoms with Gasteiger partial charge in [0.05, 0.1) is 0 Å². The molecule has 0 unspecified atom stereocenters. The summed E-state index contributed by atoms with van der Waals surface area (Å²) in [5.74, 6) is 1.64. The summed E-state index contributed by atoms with van der Waals surface area (Å²) >= 11 is 3.51. The number of rotatable bonds is 6. The van der Waals surface area contributed by atoms with Crippen molar-refractivity contribution in [1.29, 1.82) is 0 Å². The molecule has 108 valence electrons. The van der Waals surface area contributed by atoms with Crippen molar-refractivity contribution < 1.29 is 4.74 Å². The molecule has 0 aliphatic carbocycles. The lowest BCUT2D eigenvalue weighted by Gasteiger charge is -2.11. The number of ether oxygens (including phenoxy) is 1. The molecule has 0 saturated carbocycles. The Morgan fingerprint density at radius 3 is 2.90 bits per heavy atom. The van der Waals surface area contributed by atoms with Gasteiger partial charge in [-0.15, -0.1) is 0 Å². The third-order valence-electron chi connectivity index (χ3n) is 2.94. The zero-order valence-corrected chi connectivity index (χ0v) is 13.3. The zero-order chi connectivity index (χ0) is 14.5. The average molecular weight is 339 g/mol. The Morgan fingerprint density at radius 2 is 2.20 bits per heavy atom. The van der Waals surface area contributed by atoms with Crippen LogP contribution in [0.3, 0.4) is 0 Å². The van der Waals surface area contributed by atoms with E-state index in [4.69, 9.17) is 10.5 Å². The normalized spacial score (nSPS) is 11.1. The van der Waals surface area contributed by atoms with Crippen LogP contribution in [-0.2, 0) is 13.0 Å². The van der Waals surface area contributed by atoms with Gasteiger partial charge in [-0.2, -0.15) is 5.10 Å². The lowest BCUT2D eigenvalue weighted by atomic mass is 10.1. The van der Waals surface area contributed by atoms with Gasteiger partial charge in [-0.25, -0.2) is 9.67 Å². The van der Waals surface area contributed by atoms with E-state index in [9.17, 15) is 0 Å². The number of nitrogens with zero attached hydrogens (tertiary/aromatic N) is 3. The summed E-state index contributed by atoms with van der Waals surface area (Å²) in [7, 11) is 0. The molecule has 0 saturated heterocycles. The molecule has 20 heavy (non-hydrogen) atoms. The van der Waals surface area contributed by atoms with Gasteiger partial charge >= 0.3 is 0 Å². The first-order valence-electron chi connectivity index (χ1n) is 6.61. The second kappa shape index (κ2) is 6.85. The van der Waals surface area contributed by atoms with Crippen LogP contribution in [0.2, 0.25) is 0 Å². The van der Waals surface area contributed by atoms with Crippen LogP contribution in [0.25, 0.3) is 0 Å². The first kappa shape index (κ1) is 15.0.